The van der Waals surface area contributed by atoms with Crippen molar-refractivity contribution < 1.29 is 14.4 Å². The van der Waals surface area contributed by atoms with E-state index in [9.17, 15) is 14.4 Å². The highest BCUT2D eigenvalue weighted by Gasteiger charge is 2.50. The van der Waals surface area contributed by atoms with Gasteiger partial charge < -0.3 is 10.2 Å². The fourth-order valence-electron chi connectivity index (χ4n) is 3.87. The van der Waals surface area contributed by atoms with E-state index >= 15 is 0 Å². The normalized spacial score (nSPS) is 22.5. The number of amides is 4. The van der Waals surface area contributed by atoms with Crippen LogP contribution >= 0.6 is 22.9 Å². The van der Waals surface area contributed by atoms with Crippen molar-refractivity contribution in [3.63, 3.8) is 0 Å². The topological polar surface area (TPSA) is 73.0 Å². The molecule has 0 radical (unpaired) electrons. The number of thiophene rings is 1. The Hall–Kier alpha value is -2.42. The molecular formula is C21H23ClN4O3S. The van der Waals surface area contributed by atoms with E-state index in [1.54, 1.807) is 11.8 Å². The van der Waals surface area contributed by atoms with E-state index in [0.29, 0.717) is 18.1 Å². The molecule has 0 aliphatic carbocycles. The SMILES string of the molecule is CC1(c2ccsc2)NC(=O)N(CC(=O)N2CCN(Cc3cccc(Cl)c3)CC2)C1=O. The molecule has 2 saturated heterocycles. The lowest BCUT2D eigenvalue weighted by Gasteiger charge is -2.35. The molecule has 4 rings (SSSR count). The molecule has 2 aliphatic rings. The number of nitrogens with one attached hydrogen (secondary N) is 1. The van der Waals surface area contributed by atoms with Crippen molar-refractivity contribution in [2.75, 3.05) is 32.7 Å². The molecule has 4 amide bonds. The van der Waals surface area contributed by atoms with Crippen molar-refractivity contribution in [2.24, 2.45) is 0 Å². The summed E-state index contributed by atoms with van der Waals surface area (Å²) in [5.74, 6) is -0.602. The Morgan fingerprint density at radius 1 is 1.20 bits per heavy atom. The zero-order valence-corrected chi connectivity index (χ0v) is 18.2. The molecule has 1 atom stereocenters. The fourth-order valence-corrected chi connectivity index (χ4v) is 4.85. The van der Waals surface area contributed by atoms with E-state index < -0.39 is 11.6 Å². The highest BCUT2D eigenvalue weighted by Crippen LogP contribution is 2.30. The Labute approximate surface area is 184 Å². The van der Waals surface area contributed by atoms with E-state index in [0.717, 1.165) is 35.7 Å². The zero-order valence-electron chi connectivity index (χ0n) is 16.6. The third-order valence-electron chi connectivity index (χ3n) is 5.69. The number of hydrogen-bond donors (Lipinski definition) is 1. The van der Waals surface area contributed by atoms with Gasteiger partial charge in [-0.2, -0.15) is 11.3 Å². The van der Waals surface area contributed by atoms with Crippen LogP contribution in [0.4, 0.5) is 4.79 Å². The van der Waals surface area contributed by atoms with E-state index in [4.69, 9.17) is 11.6 Å². The standard InChI is InChI=1S/C21H23ClN4O3S/c1-21(16-5-10-30-14-16)19(28)26(20(29)23-21)13-18(27)25-8-6-24(7-9-25)12-15-3-2-4-17(22)11-15/h2-5,10-11,14H,6-9,12-13H2,1H3,(H,23,29). The molecule has 0 spiro atoms. The predicted octanol–water partition coefficient (Wildman–Crippen LogP) is 2.51. The van der Waals surface area contributed by atoms with Crippen molar-refractivity contribution >= 4 is 40.8 Å². The number of urea groups is 1. The smallest absolute Gasteiger partial charge is 0.325 e. The Morgan fingerprint density at radius 2 is 1.97 bits per heavy atom. The highest BCUT2D eigenvalue weighted by molar-refractivity contribution is 7.08. The second-order valence-electron chi connectivity index (χ2n) is 7.75. The molecule has 1 aromatic heterocycles. The minimum atomic E-state index is -1.12. The second-order valence-corrected chi connectivity index (χ2v) is 8.96. The van der Waals surface area contributed by atoms with Crippen molar-refractivity contribution in [3.05, 3.63) is 57.2 Å². The summed E-state index contributed by atoms with van der Waals surface area (Å²) in [5, 5.41) is 7.14. The predicted molar refractivity (Wildman–Crippen MR) is 115 cm³/mol. The maximum atomic E-state index is 12.9. The summed E-state index contributed by atoms with van der Waals surface area (Å²) in [7, 11) is 0. The summed E-state index contributed by atoms with van der Waals surface area (Å²) < 4.78 is 0. The van der Waals surface area contributed by atoms with Crippen molar-refractivity contribution in [3.8, 4) is 0 Å². The van der Waals surface area contributed by atoms with E-state index in [-0.39, 0.29) is 18.4 Å². The molecule has 9 heteroatoms. The molecule has 30 heavy (non-hydrogen) atoms. The number of carbonyl (C=O) groups is 3. The van der Waals surface area contributed by atoms with Gasteiger partial charge >= 0.3 is 6.03 Å². The summed E-state index contributed by atoms with van der Waals surface area (Å²) in [5.41, 5.74) is 0.747. The van der Waals surface area contributed by atoms with Crippen LogP contribution in [0.3, 0.4) is 0 Å². The Balaban J connectivity index is 1.33. The fraction of sp³-hybridized carbons (Fsp3) is 0.381. The Bertz CT molecular complexity index is 959. The Kier molecular flexibility index (Phi) is 5.81. The van der Waals surface area contributed by atoms with Crippen LogP contribution in [-0.2, 0) is 21.7 Å². The van der Waals surface area contributed by atoms with E-state index in [1.165, 1.54) is 11.3 Å². The van der Waals surface area contributed by atoms with Crippen LogP contribution in [0.5, 0.6) is 0 Å². The molecule has 2 aromatic rings. The summed E-state index contributed by atoms with van der Waals surface area (Å²) in [6.45, 7) is 4.79. The summed E-state index contributed by atoms with van der Waals surface area (Å²) >= 11 is 7.51. The summed E-state index contributed by atoms with van der Waals surface area (Å²) in [6.07, 6.45) is 0. The number of rotatable bonds is 5. The minimum Gasteiger partial charge on any atom is -0.339 e. The molecule has 1 N–H and O–H groups in total. The van der Waals surface area contributed by atoms with Crippen LogP contribution in [0.1, 0.15) is 18.1 Å². The lowest BCUT2D eigenvalue weighted by molar-refractivity contribution is -0.139. The summed E-state index contributed by atoms with van der Waals surface area (Å²) in [4.78, 5) is 43.1. The number of nitrogens with zero attached hydrogens (tertiary/aromatic N) is 3. The second kappa shape index (κ2) is 8.37. The first-order valence-electron chi connectivity index (χ1n) is 9.78. The highest BCUT2D eigenvalue weighted by atomic mass is 35.5. The average molecular weight is 447 g/mol. The lowest BCUT2D eigenvalue weighted by atomic mass is 9.95. The van der Waals surface area contributed by atoms with Gasteiger partial charge in [0.1, 0.15) is 12.1 Å². The third kappa shape index (κ3) is 4.08. The number of hydrogen-bond acceptors (Lipinski definition) is 5. The molecule has 0 bridgehead atoms. The lowest BCUT2D eigenvalue weighted by Crippen LogP contribution is -2.51. The molecular weight excluding hydrogens is 424 g/mol. The molecule has 1 unspecified atom stereocenters. The van der Waals surface area contributed by atoms with Gasteiger partial charge in [-0.3, -0.25) is 19.4 Å². The first kappa shape index (κ1) is 20.8. The van der Waals surface area contributed by atoms with Gasteiger partial charge in [-0.15, -0.1) is 0 Å². The maximum absolute atomic E-state index is 12.9. The molecule has 1 aromatic carbocycles. The van der Waals surface area contributed by atoms with E-state index in [2.05, 4.69) is 10.2 Å². The van der Waals surface area contributed by atoms with Gasteiger partial charge in [-0.1, -0.05) is 23.7 Å². The monoisotopic (exact) mass is 446 g/mol. The van der Waals surface area contributed by atoms with Gasteiger partial charge in [-0.05, 0) is 47.0 Å². The molecule has 2 aliphatic heterocycles. The van der Waals surface area contributed by atoms with Crippen molar-refractivity contribution in [1.82, 2.24) is 20.0 Å². The van der Waals surface area contributed by atoms with Gasteiger partial charge in [0.2, 0.25) is 5.91 Å². The number of piperazine rings is 1. The van der Waals surface area contributed by atoms with Crippen LogP contribution < -0.4 is 5.32 Å². The number of carbonyl (C=O) groups excluding carboxylic acids is 3. The molecule has 3 heterocycles. The Morgan fingerprint density at radius 3 is 2.63 bits per heavy atom. The molecule has 0 saturated carbocycles. The van der Waals surface area contributed by atoms with Gasteiger partial charge in [0.05, 0.1) is 0 Å². The van der Waals surface area contributed by atoms with Crippen molar-refractivity contribution in [1.29, 1.82) is 0 Å². The average Bonchev–Trinajstić information content (AvgIpc) is 3.33. The van der Waals surface area contributed by atoms with Gasteiger partial charge in [0.25, 0.3) is 5.91 Å². The first-order chi connectivity index (χ1) is 14.4. The van der Waals surface area contributed by atoms with Gasteiger partial charge in [0.15, 0.2) is 0 Å². The molecule has 158 valence electrons. The maximum Gasteiger partial charge on any atom is 0.325 e. The van der Waals surface area contributed by atoms with Crippen LogP contribution in [0.25, 0.3) is 0 Å². The van der Waals surface area contributed by atoms with Gasteiger partial charge in [0, 0.05) is 37.7 Å². The van der Waals surface area contributed by atoms with Crippen LogP contribution in [0.2, 0.25) is 5.02 Å². The first-order valence-corrected chi connectivity index (χ1v) is 11.1. The largest absolute Gasteiger partial charge is 0.339 e. The zero-order chi connectivity index (χ0) is 21.3. The number of benzene rings is 1. The van der Waals surface area contributed by atoms with Gasteiger partial charge in [-0.25, -0.2) is 4.79 Å². The molecule has 2 fully saturated rings. The number of imide groups is 1. The minimum absolute atomic E-state index is 0.213. The van der Waals surface area contributed by atoms with Crippen LogP contribution in [0, 0.1) is 0 Å². The van der Waals surface area contributed by atoms with Crippen LogP contribution in [0.15, 0.2) is 41.1 Å². The summed E-state index contributed by atoms with van der Waals surface area (Å²) in [6, 6.07) is 9.04. The molecule has 7 nitrogen and oxygen atoms in total. The van der Waals surface area contributed by atoms with Crippen molar-refractivity contribution in [2.45, 2.75) is 19.0 Å². The number of halogens is 1. The van der Waals surface area contributed by atoms with Crippen LogP contribution in [-0.4, -0.2) is 65.3 Å². The quantitative estimate of drug-likeness (QED) is 0.716. The third-order valence-corrected chi connectivity index (χ3v) is 6.61. The van der Waals surface area contributed by atoms with E-state index in [1.807, 2.05) is 41.1 Å².